The quantitative estimate of drug-likeness (QED) is 0.719. The summed E-state index contributed by atoms with van der Waals surface area (Å²) in [5.74, 6) is -0.239. The molecule has 4 rings (SSSR count). The topological polar surface area (TPSA) is 42.2 Å². The fraction of sp³-hybridized carbons (Fsp3) is 0.263. The molecule has 128 valence electrons. The molecular weight excluding hydrogens is 324 g/mol. The van der Waals surface area contributed by atoms with E-state index in [-0.39, 0.29) is 5.92 Å². The molecule has 1 fully saturated rings. The van der Waals surface area contributed by atoms with E-state index >= 15 is 0 Å². The largest absolute Gasteiger partial charge is 0.339 e. The van der Waals surface area contributed by atoms with Gasteiger partial charge in [-0.1, -0.05) is 41.6 Å². The van der Waals surface area contributed by atoms with E-state index in [0.717, 1.165) is 30.6 Å². The zero-order chi connectivity index (χ0) is 17.2. The van der Waals surface area contributed by atoms with Gasteiger partial charge < -0.3 is 4.52 Å². The van der Waals surface area contributed by atoms with E-state index in [1.807, 2.05) is 30.3 Å². The number of hydrogen-bond acceptors (Lipinski definition) is 4. The van der Waals surface area contributed by atoms with Crippen molar-refractivity contribution < 1.29 is 13.3 Å². The van der Waals surface area contributed by atoms with Crippen LogP contribution in [0.25, 0.3) is 11.4 Å². The lowest BCUT2D eigenvalue weighted by molar-refractivity contribution is 0.308. The molecule has 1 unspecified atom stereocenters. The van der Waals surface area contributed by atoms with Gasteiger partial charge in [-0.15, -0.1) is 0 Å². The van der Waals surface area contributed by atoms with Crippen LogP contribution in [0.1, 0.15) is 23.8 Å². The first-order valence-electron chi connectivity index (χ1n) is 8.24. The zero-order valence-corrected chi connectivity index (χ0v) is 13.5. The van der Waals surface area contributed by atoms with Gasteiger partial charge in [0, 0.05) is 18.7 Å². The third-order valence-electron chi connectivity index (χ3n) is 4.49. The van der Waals surface area contributed by atoms with Crippen molar-refractivity contribution >= 4 is 0 Å². The van der Waals surface area contributed by atoms with E-state index in [1.54, 1.807) is 6.07 Å². The molecule has 3 aromatic rings. The molecule has 0 aliphatic carbocycles. The predicted octanol–water partition coefficient (Wildman–Crippen LogP) is 4.00. The fourth-order valence-corrected chi connectivity index (χ4v) is 3.18. The van der Waals surface area contributed by atoms with Crippen molar-refractivity contribution in [3.05, 3.63) is 71.6 Å². The van der Waals surface area contributed by atoms with Gasteiger partial charge in [0.2, 0.25) is 11.7 Å². The van der Waals surface area contributed by atoms with E-state index < -0.39 is 11.6 Å². The van der Waals surface area contributed by atoms with Crippen molar-refractivity contribution in [2.75, 3.05) is 13.1 Å². The Hall–Kier alpha value is -2.60. The summed E-state index contributed by atoms with van der Waals surface area (Å²) in [5, 5.41) is 4.07. The maximum atomic E-state index is 13.3. The van der Waals surface area contributed by atoms with Crippen molar-refractivity contribution in [1.82, 2.24) is 15.0 Å². The van der Waals surface area contributed by atoms with Crippen LogP contribution >= 0.6 is 0 Å². The SMILES string of the molecule is Fc1ccc(CN2CCC(c3nc(-c4ccccc4)no3)C2)cc1F. The number of hydrogen-bond donors (Lipinski definition) is 0. The van der Waals surface area contributed by atoms with Crippen LogP contribution in [0, 0.1) is 11.6 Å². The van der Waals surface area contributed by atoms with Gasteiger partial charge in [0.15, 0.2) is 11.6 Å². The van der Waals surface area contributed by atoms with Crippen LogP contribution in [0.5, 0.6) is 0 Å². The van der Waals surface area contributed by atoms with Gasteiger partial charge in [-0.25, -0.2) is 8.78 Å². The molecular formula is C19H17F2N3O. The Labute approximate surface area is 144 Å². The zero-order valence-electron chi connectivity index (χ0n) is 13.5. The Morgan fingerprint density at radius 3 is 2.72 bits per heavy atom. The summed E-state index contributed by atoms with van der Waals surface area (Å²) in [6.07, 6.45) is 0.903. The molecule has 25 heavy (non-hydrogen) atoms. The van der Waals surface area contributed by atoms with Gasteiger partial charge in [0.25, 0.3) is 0 Å². The molecule has 2 heterocycles. The summed E-state index contributed by atoms with van der Waals surface area (Å²) in [6, 6.07) is 13.7. The number of benzene rings is 2. The highest BCUT2D eigenvalue weighted by molar-refractivity contribution is 5.53. The Morgan fingerprint density at radius 1 is 1.08 bits per heavy atom. The van der Waals surface area contributed by atoms with Crippen molar-refractivity contribution in [3.8, 4) is 11.4 Å². The summed E-state index contributed by atoms with van der Waals surface area (Å²) in [4.78, 5) is 6.70. The number of nitrogens with zero attached hydrogens (tertiary/aromatic N) is 3. The second-order valence-corrected chi connectivity index (χ2v) is 6.29. The second-order valence-electron chi connectivity index (χ2n) is 6.29. The molecule has 0 radical (unpaired) electrons. The molecule has 1 aliphatic heterocycles. The number of likely N-dealkylation sites (tertiary alicyclic amines) is 1. The first-order valence-corrected chi connectivity index (χ1v) is 8.24. The summed E-state index contributed by atoms with van der Waals surface area (Å²) in [5.41, 5.74) is 1.68. The first kappa shape index (κ1) is 15.9. The molecule has 1 aromatic heterocycles. The Bertz CT molecular complexity index is 866. The lowest BCUT2D eigenvalue weighted by Gasteiger charge is -2.15. The summed E-state index contributed by atoms with van der Waals surface area (Å²) in [6.45, 7) is 2.19. The monoisotopic (exact) mass is 341 g/mol. The van der Waals surface area contributed by atoms with Gasteiger partial charge in [-0.2, -0.15) is 4.98 Å². The molecule has 1 saturated heterocycles. The minimum Gasteiger partial charge on any atom is -0.339 e. The lowest BCUT2D eigenvalue weighted by Crippen LogP contribution is -2.20. The Morgan fingerprint density at radius 2 is 1.92 bits per heavy atom. The molecule has 0 bridgehead atoms. The molecule has 6 heteroatoms. The average Bonchev–Trinajstić information content (AvgIpc) is 3.28. The van der Waals surface area contributed by atoms with E-state index in [1.165, 1.54) is 12.1 Å². The van der Waals surface area contributed by atoms with Crippen LogP contribution in [0.2, 0.25) is 0 Å². The normalized spacial score (nSPS) is 17.9. The molecule has 1 aliphatic rings. The van der Waals surface area contributed by atoms with E-state index in [0.29, 0.717) is 18.3 Å². The van der Waals surface area contributed by atoms with Gasteiger partial charge >= 0.3 is 0 Å². The highest BCUT2D eigenvalue weighted by Crippen LogP contribution is 2.28. The minimum atomic E-state index is -0.817. The van der Waals surface area contributed by atoms with Gasteiger partial charge in [0.1, 0.15) is 0 Å². The first-order chi connectivity index (χ1) is 12.2. The third kappa shape index (κ3) is 3.44. The highest BCUT2D eigenvalue weighted by Gasteiger charge is 2.28. The van der Waals surface area contributed by atoms with Crippen molar-refractivity contribution in [1.29, 1.82) is 0 Å². The van der Waals surface area contributed by atoms with Crippen LogP contribution in [0.4, 0.5) is 8.78 Å². The van der Waals surface area contributed by atoms with Crippen molar-refractivity contribution in [2.45, 2.75) is 18.9 Å². The molecule has 0 saturated carbocycles. The maximum absolute atomic E-state index is 13.3. The standard InChI is InChI=1S/C19H17F2N3O/c20-16-7-6-13(10-17(16)21)11-24-9-8-15(12-24)19-22-18(23-25-19)14-4-2-1-3-5-14/h1-7,10,15H,8-9,11-12H2. The second kappa shape index (κ2) is 6.72. The van der Waals surface area contributed by atoms with Gasteiger partial charge in [0.05, 0.1) is 5.92 Å². The van der Waals surface area contributed by atoms with Crippen LogP contribution in [0.3, 0.4) is 0 Å². The van der Waals surface area contributed by atoms with Crippen LogP contribution in [-0.2, 0) is 6.54 Å². The highest BCUT2D eigenvalue weighted by atomic mass is 19.2. The molecule has 0 N–H and O–H groups in total. The number of halogens is 2. The molecule has 0 spiro atoms. The van der Waals surface area contributed by atoms with E-state index in [9.17, 15) is 8.78 Å². The van der Waals surface area contributed by atoms with Gasteiger partial charge in [-0.05, 0) is 30.7 Å². The number of aromatic nitrogens is 2. The van der Waals surface area contributed by atoms with Crippen molar-refractivity contribution in [3.63, 3.8) is 0 Å². The molecule has 2 aromatic carbocycles. The Balaban J connectivity index is 1.42. The molecule has 4 nitrogen and oxygen atoms in total. The van der Waals surface area contributed by atoms with Crippen molar-refractivity contribution in [2.24, 2.45) is 0 Å². The van der Waals surface area contributed by atoms with E-state index in [4.69, 9.17) is 4.52 Å². The Kier molecular flexibility index (Phi) is 4.28. The van der Waals surface area contributed by atoms with Crippen LogP contribution in [-0.4, -0.2) is 28.1 Å². The smallest absolute Gasteiger partial charge is 0.231 e. The maximum Gasteiger partial charge on any atom is 0.231 e. The van der Waals surface area contributed by atoms with E-state index in [2.05, 4.69) is 15.0 Å². The number of rotatable bonds is 4. The summed E-state index contributed by atoms with van der Waals surface area (Å²) in [7, 11) is 0. The third-order valence-corrected chi connectivity index (χ3v) is 4.49. The predicted molar refractivity (Wildman–Crippen MR) is 88.7 cm³/mol. The lowest BCUT2D eigenvalue weighted by atomic mass is 10.1. The fourth-order valence-electron chi connectivity index (χ4n) is 3.18. The summed E-state index contributed by atoms with van der Waals surface area (Å²) < 4.78 is 31.8. The van der Waals surface area contributed by atoms with Crippen LogP contribution < -0.4 is 0 Å². The average molecular weight is 341 g/mol. The summed E-state index contributed by atoms with van der Waals surface area (Å²) >= 11 is 0. The molecule has 1 atom stereocenters. The van der Waals surface area contributed by atoms with Crippen LogP contribution in [0.15, 0.2) is 53.1 Å². The minimum absolute atomic E-state index is 0.162. The molecule has 0 amide bonds. The van der Waals surface area contributed by atoms with Gasteiger partial charge in [-0.3, -0.25) is 4.90 Å².